The Balaban J connectivity index is 1.54. The number of carbonyl (C=O) groups is 1. The van der Waals surface area contributed by atoms with E-state index in [4.69, 9.17) is 0 Å². The first-order valence-corrected chi connectivity index (χ1v) is 10.4. The van der Waals surface area contributed by atoms with Crippen LogP contribution in [0.15, 0.2) is 36.9 Å². The minimum Gasteiger partial charge on any atom is -0.415 e. The molecule has 1 aliphatic rings. The number of alkyl halides is 2. The summed E-state index contributed by atoms with van der Waals surface area (Å²) in [6.07, 6.45) is 6.45. The quantitative estimate of drug-likeness (QED) is 0.464. The van der Waals surface area contributed by atoms with Crippen molar-refractivity contribution in [3.05, 3.63) is 65.3 Å². The first-order chi connectivity index (χ1) is 16.7. The Labute approximate surface area is 196 Å². The lowest BCUT2D eigenvalue weighted by Crippen LogP contribution is -2.25. The third-order valence-electron chi connectivity index (χ3n) is 6.09. The van der Waals surface area contributed by atoms with Gasteiger partial charge in [-0.3, -0.25) is 9.48 Å². The van der Waals surface area contributed by atoms with Crippen molar-refractivity contribution >= 4 is 17.2 Å². The second-order valence-corrected chi connectivity index (χ2v) is 8.35. The fourth-order valence-corrected chi connectivity index (χ4v) is 4.54. The molecule has 13 heteroatoms. The molecule has 1 N–H and O–H groups in total. The number of nitriles is 1. The molecule has 178 valence electrons. The second-order valence-electron chi connectivity index (χ2n) is 8.35. The number of nitrogens with zero attached hydrogens (tertiary/aromatic N) is 7. The first kappa shape index (κ1) is 22.3. The highest BCUT2D eigenvalue weighted by molar-refractivity contribution is 5.97. The number of ether oxygens (including phenoxy) is 1. The molecular formula is C22H17F3N8O2. The number of rotatable bonds is 5. The lowest BCUT2D eigenvalue weighted by atomic mass is 9.80. The third kappa shape index (κ3) is 3.72. The number of fused-ring (bicyclic) bond motifs is 3. The summed E-state index contributed by atoms with van der Waals surface area (Å²) in [7, 11) is 1.77. The number of hydrogen-bond acceptors (Lipinski definition) is 7. The van der Waals surface area contributed by atoms with Crippen molar-refractivity contribution in [1.29, 1.82) is 5.26 Å². The Morgan fingerprint density at radius 2 is 2.11 bits per heavy atom. The zero-order valence-electron chi connectivity index (χ0n) is 18.4. The number of amides is 1. The molecule has 0 aliphatic heterocycles. The molecule has 4 aromatic rings. The van der Waals surface area contributed by atoms with E-state index in [1.54, 1.807) is 24.0 Å². The van der Waals surface area contributed by atoms with Gasteiger partial charge < -0.3 is 10.1 Å². The molecule has 4 heterocycles. The first-order valence-electron chi connectivity index (χ1n) is 10.4. The summed E-state index contributed by atoms with van der Waals surface area (Å²) in [5.74, 6) is -2.40. The van der Waals surface area contributed by atoms with Gasteiger partial charge in [0.2, 0.25) is 17.7 Å². The van der Waals surface area contributed by atoms with E-state index in [1.165, 1.54) is 22.8 Å². The molecule has 0 spiro atoms. The van der Waals surface area contributed by atoms with Crippen molar-refractivity contribution in [2.45, 2.75) is 31.3 Å². The van der Waals surface area contributed by atoms with E-state index in [0.29, 0.717) is 23.3 Å². The maximum absolute atomic E-state index is 14.0. The monoisotopic (exact) mass is 482 g/mol. The number of anilines is 1. The standard InChI is InChI=1S/C22H17F3N8O2/c1-22(12-7-29-32(2)10-12)5-14(15-9-27-17-4-16(23)31-33(17)18(15)22)19(34)30-13-3-11(6-26)20(28-8-13)35-21(24)25/h3-4,7-10,14,21H,5H2,1-2H3,(H,30,34)/t14-,22-/m0/s1. The Kier molecular flexibility index (Phi) is 5.16. The van der Waals surface area contributed by atoms with Crippen LogP contribution in [0.1, 0.15) is 41.6 Å². The van der Waals surface area contributed by atoms with Gasteiger partial charge in [0, 0.05) is 42.0 Å². The maximum Gasteiger partial charge on any atom is 0.388 e. The van der Waals surface area contributed by atoms with Gasteiger partial charge in [-0.15, -0.1) is 5.10 Å². The number of carbonyl (C=O) groups excluding carboxylic acids is 1. The molecule has 0 saturated heterocycles. The molecule has 2 atom stereocenters. The lowest BCUT2D eigenvalue weighted by Gasteiger charge is -2.24. The van der Waals surface area contributed by atoms with E-state index in [1.807, 2.05) is 13.1 Å². The van der Waals surface area contributed by atoms with E-state index in [2.05, 4.69) is 30.2 Å². The largest absolute Gasteiger partial charge is 0.415 e. The molecule has 5 rings (SSSR count). The molecule has 0 fully saturated rings. The van der Waals surface area contributed by atoms with E-state index in [9.17, 15) is 23.2 Å². The van der Waals surface area contributed by atoms with Crippen molar-refractivity contribution in [3.8, 4) is 11.9 Å². The van der Waals surface area contributed by atoms with Gasteiger partial charge in [-0.25, -0.2) is 14.5 Å². The zero-order chi connectivity index (χ0) is 24.9. The highest BCUT2D eigenvalue weighted by Gasteiger charge is 2.47. The molecule has 0 saturated carbocycles. The molecule has 10 nitrogen and oxygen atoms in total. The van der Waals surface area contributed by atoms with Crippen LogP contribution in [-0.4, -0.2) is 41.9 Å². The SMILES string of the molecule is Cn1cc([C@]2(C)C[C@H](C(=O)Nc3cnc(OC(F)F)c(C#N)c3)c3cnc4cc(F)nn4c32)cn1. The number of nitrogens with one attached hydrogen (secondary N) is 1. The van der Waals surface area contributed by atoms with Crippen LogP contribution in [0, 0.1) is 17.3 Å². The molecule has 0 bridgehead atoms. The van der Waals surface area contributed by atoms with Crippen LogP contribution in [0.5, 0.6) is 5.88 Å². The average molecular weight is 482 g/mol. The van der Waals surface area contributed by atoms with Gasteiger partial charge in [0.25, 0.3) is 0 Å². The summed E-state index contributed by atoms with van der Waals surface area (Å²) in [4.78, 5) is 21.4. The molecule has 0 radical (unpaired) electrons. The van der Waals surface area contributed by atoms with E-state index >= 15 is 0 Å². The number of aromatic nitrogens is 6. The summed E-state index contributed by atoms with van der Waals surface area (Å²) < 4.78 is 46.3. The van der Waals surface area contributed by atoms with Gasteiger partial charge in [-0.2, -0.15) is 23.5 Å². The predicted octanol–water partition coefficient (Wildman–Crippen LogP) is 2.90. The molecule has 1 aliphatic carbocycles. The van der Waals surface area contributed by atoms with E-state index in [0.717, 1.165) is 11.8 Å². The third-order valence-corrected chi connectivity index (χ3v) is 6.09. The van der Waals surface area contributed by atoms with Gasteiger partial charge >= 0.3 is 6.61 Å². The van der Waals surface area contributed by atoms with Gasteiger partial charge in [-0.05, 0) is 19.4 Å². The normalized spacial score (nSPS) is 19.1. The highest BCUT2D eigenvalue weighted by Crippen LogP contribution is 2.49. The summed E-state index contributed by atoms with van der Waals surface area (Å²) in [5, 5.41) is 20.1. The number of pyridine rings is 1. The molecule has 35 heavy (non-hydrogen) atoms. The van der Waals surface area contributed by atoms with Crippen molar-refractivity contribution < 1.29 is 22.7 Å². The minimum absolute atomic E-state index is 0.129. The maximum atomic E-state index is 14.0. The van der Waals surface area contributed by atoms with Gasteiger partial charge in [0.15, 0.2) is 5.65 Å². The van der Waals surface area contributed by atoms with Crippen LogP contribution in [0.4, 0.5) is 18.9 Å². The Hall–Kier alpha value is -4.47. The van der Waals surface area contributed by atoms with Gasteiger partial charge in [0.1, 0.15) is 11.6 Å². The van der Waals surface area contributed by atoms with Crippen molar-refractivity contribution in [1.82, 2.24) is 29.4 Å². The predicted molar refractivity (Wildman–Crippen MR) is 114 cm³/mol. The average Bonchev–Trinajstić information content (AvgIpc) is 3.49. The van der Waals surface area contributed by atoms with E-state index in [-0.39, 0.29) is 11.3 Å². The Bertz CT molecular complexity index is 1510. The Morgan fingerprint density at radius 1 is 1.31 bits per heavy atom. The molecule has 1 amide bonds. The van der Waals surface area contributed by atoms with Crippen LogP contribution in [0.25, 0.3) is 5.65 Å². The topological polar surface area (TPSA) is 123 Å². The summed E-state index contributed by atoms with van der Waals surface area (Å²) in [5.41, 5.74) is 1.38. The molecule has 0 aromatic carbocycles. The van der Waals surface area contributed by atoms with Gasteiger partial charge in [0.05, 0.1) is 29.7 Å². The van der Waals surface area contributed by atoms with Crippen LogP contribution in [0.3, 0.4) is 0 Å². The minimum atomic E-state index is -3.15. The summed E-state index contributed by atoms with van der Waals surface area (Å²) >= 11 is 0. The smallest absolute Gasteiger partial charge is 0.388 e. The fraction of sp³-hybridized carbons (Fsp3) is 0.273. The number of aryl methyl sites for hydroxylation is 1. The van der Waals surface area contributed by atoms with Gasteiger partial charge in [-0.1, -0.05) is 0 Å². The molecule has 4 aromatic heterocycles. The number of halogens is 3. The highest BCUT2D eigenvalue weighted by atomic mass is 19.3. The van der Waals surface area contributed by atoms with Crippen LogP contribution < -0.4 is 10.1 Å². The molecular weight excluding hydrogens is 465 g/mol. The Morgan fingerprint density at radius 3 is 2.80 bits per heavy atom. The summed E-state index contributed by atoms with van der Waals surface area (Å²) in [6.45, 7) is -1.23. The van der Waals surface area contributed by atoms with Crippen molar-refractivity contribution in [2.24, 2.45) is 7.05 Å². The molecule has 0 unspecified atom stereocenters. The lowest BCUT2D eigenvalue weighted by molar-refractivity contribution is -0.117. The van der Waals surface area contributed by atoms with Crippen molar-refractivity contribution in [3.63, 3.8) is 0 Å². The number of hydrogen-bond donors (Lipinski definition) is 1. The van der Waals surface area contributed by atoms with Crippen molar-refractivity contribution in [2.75, 3.05) is 5.32 Å². The second kappa shape index (κ2) is 8.08. The van der Waals surface area contributed by atoms with E-state index < -0.39 is 35.7 Å². The van der Waals surface area contributed by atoms with Crippen LogP contribution in [-0.2, 0) is 17.3 Å². The zero-order valence-corrected chi connectivity index (χ0v) is 18.4. The summed E-state index contributed by atoms with van der Waals surface area (Å²) in [6, 6.07) is 4.12. The van der Waals surface area contributed by atoms with Crippen LogP contribution in [0.2, 0.25) is 0 Å². The van der Waals surface area contributed by atoms with Crippen LogP contribution >= 0.6 is 0 Å². The fourth-order valence-electron chi connectivity index (χ4n) is 4.54.